The molecule has 5 N–H and O–H groups in total. The van der Waals surface area contributed by atoms with Gasteiger partial charge in [0, 0.05) is 97.3 Å². The molecule has 1 aromatic rings. The van der Waals surface area contributed by atoms with Gasteiger partial charge in [0.25, 0.3) is 0 Å². The van der Waals surface area contributed by atoms with Crippen LogP contribution in [0, 0.1) is 0 Å². The number of amides is 4. The third-order valence-electron chi connectivity index (χ3n) is 8.06. The highest BCUT2D eigenvalue weighted by molar-refractivity contribution is 5.78. The van der Waals surface area contributed by atoms with E-state index in [4.69, 9.17) is 0 Å². The molecule has 0 aliphatic carbocycles. The Kier molecular flexibility index (Phi) is 26.0. The average molecular weight is 722 g/mol. The van der Waals surface area contributed by atoms with Crippen molar-refractivity contribution in [3.05, 3.63) is 11.9 Å². The third-order valence-corrected chi connectivity index (χ3v) is 8.06. The van der Waals surface area contributed by atoms with Gasteiger partial charge in [-0.15, -0.1) is 5.10 Å². The number of Topliss-reactive ketones (excluding diaryl/α,β-unsaturated/α-hetero) is 1. The molecule has 0 saturated heterocycles. The zero-order valence-electron chi connectivity index (χ0n) is 32.1. The van der Waals surface area contributed by atoms with E-state index in [1.54, 1.807) is 17.8 Å². The fourth-order valence-electron chi connectivity index (χ4n) is 5.34. The summed E-state index contributed by atoms with van der Waals surface area (Å²) in [6.45, 7) is 19.7. The molecule has 292 valence electrons. The van der Waals surface area contributed by atoms with Gasteiger partial charge in [0.1, 0.15) is 5.78 Å². The van der Waals surface area contributed by atoms with E-state index in [1.165, 1.54) is 0 Å². The van der Waals surface area contributed by atoms with Gasteiger partial charge in [0.05, 0.1) is 25.3 Å². The van der Waals surface area contributed by atoms with Gasteiger partial charge in [0.2, 0.25) is 23.6 Å². The molecule has 16 nitrogen and oxygen atoms in total. The molecule has 0 saturated carbocycles. The standard InChI is InChI=1S/C35H67N11O5/c1-6-14-37-33(49)12-22-43(9-4)23-13-34(50)39-16-15-38-32(48)11-10-31-28-46(42-41-31)26-19-40-35(51)29-45(21-8-3)25-18-36-17-24-44(20-7-2)27-30(5)47/h28,36H,6-27,29H2,1-5H3,(H,37,49)(H,38,48)(H,39,50)(H,40,51). The molecular formula is C35H67N11O5. The summed E-state index contributed by atoms with van der Waals surface area (Å²) in [6.07, 6.45) is 6.08. The maximum absolute atomic E-state index is 12.6. The Hall–Kier alpha value is -3.47. The van der Waals surface area contributed by atoms with Crippen molar-refractivity contribution >= 4 is 29.4 Å². The van der Waals surface area contributed by atoms with E-state index >= 15 is 0 Å². The van der Waals surface area contributed by atoms with Gasteiger partial charge in [-0.3, -0.25) is 38.5 Å². The van der Waals surface area contributed by atoms with Gasteiger partial charge in [-0.25, -0.2) is 0 Å². The summed E-state index contributed by atoms with van der Waals surface area (Å²) in [6, 6.07) is 0. The van der Waals surface area contributed by atoms with Crippen LogP contribution in [0.25, 0.3) is 0 Å². The molecule has 4 amide bonds. The lowest BCUT2D eigenvalue weighted by Crippen LogP contribution is -2.42. The van der Waals surface area contributed by atoms with E-state index in [1.807, 2.05) is 13.8 Å². The van der Waals surface area contributed by atoms with Crippen LogP contribution in [0.2, 0.25) is 0 Å². The SMILES string of the molecule is CCCNC(=O)CCN(CC)CCC(=O)NCCNC(=O)CCc1cn(CCNC(=O)CN(CCC)CCNCCN(CCC)CC(C)=O)nn1. The second-order valence-corrected chi connectivity index (χ2v) is 12.8. The second kappa shape index (κ2) is 29.1. The average Bonchev–Trinajstić information content (AvgIpc) is 3.55. The van der Waals surface area contributed by atoms with Crippen LogP contribution in [-0.2, 0) is 36.9 Å². The Morgan fingerprint density at radius 2 is 1.16 bits per heavy atom. The maximum Gasteiger partial charge on any atom is 0.234 e. The van der Waals surface area contributed by atoms with Crippen molar-refractivity contribution < 1.29 is 24.0 Å². The molecule has 1 aromatic heterocycles. The van der Waals surface area contributed by atoms with E-state index < -0.39 is 0 Å². The zero-order valence-corrected chi connectivity index (χ0v) is 32.1. The van der Waals surface area contributed by atoms with Crippen LogP contribution in [0.1, 0.15) is 78.8 Å². The molecule has 0 aromatic carbocycles. The molecule has 1 rings (SSSR count). The number of hydrogen-bond acceptors (Lipinski definition) is 11. The van der Waals surface area contributed by atoms with Crippen LogP contribution in [0.3, 0.4) is 0 Å². The molecule has 16 heteroatoms. The Morgan fingerprint density at radius 3 is 1.71 bits per heavy atom. The van der Waals surface area contributed by atoms with Crippen molar-refractivity contribution in [3.8, 4) is 0 Å². The summed E-state index contributed by atoms with van der Waals surface area (Å²) in [5, 5.41) is 23.1. The molecule has 0 spiro atoms. The monoisotopic (exact) mass is 722 g/mol. The van der Waals surface area contributed by atoms with Gasteiger partial charge in [-0.2, -0.15) is 0 Å². The number of carbonyl (C=O) groups is 5. The number of aryl methyl sites for hydroxylation is 1. The van der Waals surface area contributed by atoms with Crippen LogP contribution >= 0.6 is 0 Å². The first kappa shape index (κ1) is 45.6. The summed E-state index contributed by atoms with van der Waals surface area (Å²) in [5.74, 6) is -0.0629. The van der Waals surface area contributed by atoms with E-state index in [9.17, 15) is 24.0 Å². The van der Waals surface area contributed by atoms with Crippen molar-refractivity contribution in [1.82, 2.24) is 56.3 Å². The van der Waals surface area contributed by atoms with Gasteiger partial charge in [0.15, 0.2) is 0 Å². The first-order valence-electron chi connectivity index (χ1n) is 18.9. The largest absolute Gasteiger partial charge is 0.356 e. The maximum atomic E-state index is 12.6. The minimum atomic E-state index is -0.136. The highest BCUT2D eigenvalue weighted by Gasteiger charge is 2.12. The molecule has 0 bridgehead atoms. The van der Waals surface area contributed by atoms with E-state index in [0.29, 0.717) is 83.9 Å². The molecule has 51 heavy (non-hydrogen) atoms. The van der Waals surface area contributed by atoms with Gasteiger partial charge >= 0.3 is 0 Å². The fraction of sp³-hybridized carbons (Fsp3) is 0.800. The number of hydrogen-bond donors (Lipinski definition) is 5. The van der Waals surface area contributed by atoms with Gasteiger partial charge in [-0.05, 0) is 45.8 Å². The quantitative estimate of drug-likeness (QED) is 0.0621. The number of aromatic nitrogens is 3. The molecule has 0 radical (unpaired) electrons. The van der Waals surface area contributed by atoms with Crippen LogP contribution in [0.15, 0.2) is 6.20 Å². The molecule has 0 fully saturated rings. The van der Waals surface area contributed by atoms with Gasteiger partial charge < -0.3 is 31.5 Å². The lowest BCUT2D eigenvalue weighted by molar-refractivity contribution is -0.123. The number of carbonyl (C=O) groups excluding carboxylic acids is 5. The zero-order chi connectivity index (χ0) is 37.7. The number of nitrogens with one attached hydrogen (secondary N) is 5. The third kappa shape index (κ3) is 24.4. The van der Waals surface area contributed by atoms with Crippen molar-refractivity contribution in [2.75, 3.05) is 98.2 Å². The van der Waals surface area contributed by atoms with Crippen molar-refractivity contribution in [2.45, 2.75) is 86.1 Å². The number of rotatable bonds is 32. The molecule has 0 aliphatic rings. The minimum Gasteiger partial charge on any atom is -0.356 e. The summed E-state index contributed by atoms with van der Waals surface area (Å²) in [7, 11) is 0. The first-order chi connectivity index (χ1) is 24.6. The van der Waals surface area contributed by atoms with E-state index in [0.717, 1.165) is 65.1 Å². The topological polar surface area (TPSA) is 186 Å². The smallest absolute Gasteiger partial charge is 0.234 e. The summed E-state index contributed by atoms with van der Waals surface area (Å²) >= 11 is 0. The molecule has 0 unspecified atom stereocenters. The summed E-state index contributed by atoms with van der Waals surface area (Å²) in [5.41, 5.74) is 0.689. The predicted molar refractivity (Wildman–Crippen MR) is 199 cm³/mol. The Morgan fingerprint density at radius 1 is 0.608 bits per heavy atom. The molecule has 0 atom stereocenters. The Bertz CT molecular complexity index is 1130. The van der Waals surface area contributed by atoms with Crippen LogP contribution in [0.5, 0.6) is 0 Å². The van der Waals surface area contributed by atoms with E-state index in [-0.39, 0.29) is 35.8 Å². The number of ketones is 1. The predicted octanol–water partition coefficient (Wildman–Crippen LogP) is -0.210. The number of nitrogens with zero attached hydrogens (tertiary/aromatic N) is 6. The summed E-state index contributed by atoms with van der Waals surface area (Å²) < 4.78 is 1.66. The lowest BCUT2D eigenvalue weighted by atomic mass is 10.2. The molecule has 0 aliphatic heterocycles. The Labute approximate surface area is 305 Å². The van der Waals surface area contributed by atoms with Crippen molar-refractivity contribution in [2.24, 2.45) is 0 Å². The highest BCUT2D eigenvalue weighted by Crippen LogP contribution is 1.99. The lowest BCUT2D eigenvalue weighted by Gasteiger charge is -2.23. The van der Waals surface area contributed by atoms with Crippen LogP contribution < -0.4 is 26.6 Å². The molecular weight excluding hydrogens is 654 g/mol. The fourth-order valence-corrected chi connectivity index (χ4v) is 5.34. The first-order valence-corrected chi connectivity index (χ1v) is 18.9. The second-order valence-electron chi connectivity index (χ2n) is 12.8. The van der Waals surface area contributed by atoms with Crippen LogP contribution in [-0.4, -0.2) is 157 Å². The van der Waals surface area contributed by atoms with E-state index in [2.05, 4.69) is 65.4 Å². The van der Waals surface area contributed by atoms with Crippen molar-refractivity contribution in [3.63, 3.8) is 0 Å². The minimum absolute atomic E-state index is 0.0288. The highest BCUT2D eigenvalue weighted by atomic mass is 16.2. The molecule has 1 heterocycles. The Balaban J connectivity index is 2.21. The van der Waals surface area contributed by atoms with Crippen molar-refractivity contribution in [1.29, 1.82) is 0 Å². The normalized spacial score (nSPS) is 11.3. The van der Waals surface area contributed by atoms with Crippen LogP contribution in [0.4, 0.5) is 0 Å². The summed E-state index contributed by atoms with van der Waals surface area (Å²) in [4.78, 5) is 66.8. The van der Waals surface area contributed by atoms with Gasteiger partial charge in [-0.1, -0.05) is 32.9 Å².